The quantitative estimate of drug-likeness (QED) is 0.588. The molecule has 2 aromatic rings. The number of hydrogen-bond acceptors (Lipinski definition) is 6. The molecule has 2 amide bonds. The molecule has 2 aliphatic heterocycles. The number of likely N-dealkylation sites (N-methyl/N-ethyl adjacent to an activating group) is 1. The summed E-state index contributed by atoms with van der Waals surface area (Å²) in [6, 6.07) is 15.5. The van der Waals surface area contributed by atoms with Crippen LogP contribution < -0.4 is 15.1 Å². The van der Waals surface area contributed by atoms with E-state index in [1.807, 2.05) is 48.5 Å². The number of aryl methyl sites for hydroxylation is 1. The van der Waals surface area contributed by atoms with Crippen LogP contribution >= 0.6 is 0 Å². The van der Waals surface area contributed by atoms with Gasteiger partial charge in [-0.2, -0.15) is 0 Å². The second-order valence-electron chi connectivity index (χ2n) is 9.05. The van der Waals surface area contributed by atoms with E-state index in [0.717, 1.165) is 50.5 Å². The lowest BCUT2D eigenvalue weighted by Crippen LogP contribution is -2.46. The highest BCUT2D eigenvalue weighted by Gasteiger charge is 2.36. The molecule has 4 rings (SSSR count). The van der Waals surface area contributed by atoms with Gasteiger partial charge in [0.25, 0.3) is 5.91 Å². The van der Waals surface area contributed by atoms with Crippen molar-refractivity contribution in [3.8, 4) is 0 Å². The fourth-order valence-corrected chi connectivity index (χ4v) is 4.56. The average Bonchev–Trinajstić information content (AvgIpc) is 3.29. The second kappa shape index (κ2) is 11.4. The Labute approximate surface area is 206 Å². The van der Waals surface area contributed by atoms with Gasteiger partial charge in [-0.1, -0.05) is 26.0 Å². The number of ether oxygens (including phenoxy) is 1. The third-order valence-electron chi connectivity index (χ3n) is 6.80. The van der Waals surface area contributed by atoms with Gasteiger partial charge in [0.15, 0.2) is 6.61 Å². The topological polar surface area (TPSA) is 82.2 Å². The number of piperazine rings is 1. The Morgan fingerprint density at radius 1 is 0.943 bits per heavy atom. The molecular weight excluding hydrogens is 444 g/mol. The van der Waals surface area contributed by atoms with E-state index in [9.17, 15) is 14.4 Å². The third-order valence-corrected chi connectivity index (χ3v) is 6.80. The Morgan fingerprint density at radius 2 is 1.60 bits per heavy atom. The Hall–Kier alpha value is -3.39. The summed E-state index contributed by atoms with van der Waals surface area (Å²) < 4.78 is 5.23. The van der Waals surface area contributed by atoms with Crippen LogP contribution in [-0.4, -0.2) is 68.6 Å². The van der Waals surface area contributed by atoms with Crippen molar-refractivity contribution in [1.82, 2.24) is 4.90 Å². The smallest absolute Gasteiger partial charge is 0.311 e. The van der Waals surface area contributed by atoms with Crippen molar-refractivity contribution >= 4 is 34.8 Å². The van der Waals surface area contributed by atoms with Gasteiger partial charge in [0.2, 0.25) is 5.91 Å². The number of anilines is 3. The second-order valence-corrected chi connectivity index (χ2v) is 9.05. The van der Waals surface area contributed by atoms with Gasteiger partial charge in [-0.15, -0.1) is 0 Å². The van der Waals surface area contributed by atoms with Crippen LogP contribution in [0.5, 0.6) is 0 Å². The summed E-state index contributed by atoms with van der Waals surface area (Å²) in [6.07, 6.45) is 1.01. The van der Waals surface area contributed by atoms with E-state index in [1.54, 1.807) is 4.90 Å². The molecule has 0 saturated carbocycles. The average molecular weight is 479 g/mol. The first-order chi connectivity index (χ1) is 17.0. The van der Waals surface area contributed by atoms with Crippen LogP contribution in [0.4, 0.5) is 17.1 Å². The summed E-state index contributed by atoms with van der Waals surface area (Å²) in [4.78, 5) is 43.6. The minimum absolute atomic E-state index is 0.0873. The van der Waals surface area contributed by atoms with Crippen LogP contribution in [0.15, 0.2) is 48.5 Å². The van der Waals surface area contributed by atoms with Gasteiger partial charge in [-0.3, -0.25) is 14.4 Å². The van der Waals surface area contributed by atoms with Crippen LogP contribution in [0.3, 0.4) is 0 Å². The van der Waals surface area contributed by atoms with E-state index < -0.39 is 17.8 Å². The van der Waals surface area contributed by atoms with E-state index in [4.69, 9.17) is 4.74 Å². The number of nitrogens with one attached hydrogen (secondary N) is 1. The number of nitrogens with zero attached hydrogens (tertiary/aromatic N) is 3. The van der Waals surface area contributed by atoms with Crippen LogP contribution in [0, 0.1) is 5.92 Å². The summed E-state index contributed by atoms with van der Waals surface area (Å²) in [5.74, 6) is -1.62. The molecule has 186 valence electrons. The molecule has 2 fully saturated rings. The van der Waals surface area contributed by atoms with Gasteiger partial charge in [-0.25, -0.2) is 0 Å². The molecule has 2 aromatic carbocycles. The Balaban J connectivity index is 1.22. The first-order valence-electron chi connectivity index (χ1n) is 12.4. The molecule has 8 nitrogen and oxygen atoms in total. The van der Waals surface area contributed by atoms with E-state index in [0.29, 0.717) is 5.69 Å². The Kier molecular flexibility index (Phi) is 8.02. The molecule has 0 bridgehead atoms. The van der Waals surface area contributed by atoms with Crippen molar-refractivity contribution in [2.75, 3.05) is 61.0 Å². The van der Waals surface area contributed by atoms with Gasteiger partial charge in [0, 0.05) is 56.2 Å². The number of amides is 2. The predicted octanol–water partition coefficient (Wildman–Crippen LogP) is 2.93. The molecule has 2 saturated heterocycles. The Morgan fingerprint density at radius 3 is 2.23 bits per heavy atom. The van der Waals surface area contributed by atoms with Crippen molar-refractivity contribution in [3.63, 3.8) is 0 Å². The first kappa shape index (κ1) is 24.7. The minimum Gasteiger partial charge on any atom is -0.455 e. The van der Waals surface area contributed by atoms with E-state index in [2.05, 4.69) is 29.0 Å². The van der Waals surface area contributed by atoms with Gasteiger partial charge in [0.1, 0.15) is 0 Å². The van der Waals surface area contributed by atoms with Crippen molar-refractivity contribution in [2.24, 2.45) is 5.92 Å². The predicted molar refractivity (Wildman–Crippen MR) is 137 cm³/mol. The van der Waals surface area contributed by atoms with Crippen LogP contribution in [0.25, 0.3) is 0 Å². The lowest BCUT2D eigenvalue weighted by atomic mass is 10.1. The molecule has 0 spiro atoms. The zero-order valence-corrected chi connectivity index (χ0v) is 20.5. The van der Waals surface area contributed by atoms with Gasteiger partial charge < -0.3 is 24.8 Å². The number of hydrogen-bond donors (Lipinski definition) is 1. The maximum Gasteiger partial charge on any atom is 0.311 e. The largest absolute Gasteiger partial charge is 0.455 e. The van der Waals surface area contributed by atoms with Gasteiger partial charge in [-0.05, 0) is 54.9 Å². The van der Waals surface area contributed by atoms with Gasteiger partial charge >= 0.3 is 5.97 Å². The van der Waals surface area contributed by atoms with Crippen molar-refractivity contribution in [1.29, 1.82) is 0 Å². The Bertz CT molecular complexity index is 1030. The molecule has 2 heterocycles. The summed E-state index contributed by atoms with van der Waals surface area (Å²) in [5.41, 5.74) is 3.74. The monoisotopic (exact) mass is 478 g/mol. The fraction of sp³-hybridized carbons (Fsp3) is 0.444. The standard InChI is InChI=1S/C27H34N4O4/c1-3-20-5-9-24(10-6-20)31-18-21(17-26(31)33)27(34)35-19-25(32)28-22-7-11-23(12-8-22)30-15-13-29(4-2)14-16-30/h5-12,21H,3-4,13-19H2,1-2H3,(H,28,32). The van der Waals surface area contributed by atoms with Crippen molar-refractivity contribution < 1.29 is 19.1 Å². The van der Waals surface area contributed by atoms with Crippen LogP contribution in [0.1, 0.15) is 25.8 Å². The van der Waals surface area contributed by atoms with E-state index >= 15 is 0 Å². The number of rotatable bonds is 8. The summed E-state index contributed by atoms with van der Waals surface area (Å²) >= 11 is 0. The maximum absolute atomic E-state index is 12.5. The lowest BCUT2D eigenvalue weighted by Gasteiger charge is -2.35. The SMILES string of the molecule is CCc1ccc(N2CC(C(=O)OCC(=O)Nc3ccc(N4CCN(CC)CC4)cc3)CC2=O)cc1. The summed E-state index contributed by atoms with van der Waals surface area (Å²) in [5, 5.41) is 2.77. The van der Waals surface area contributed by atoms with Crippen LogP contribution in [0.2, 0.25) is 0 Å². The molecule has 35 heavy (non-hydrogen) atoms. The number of benzene rings is 2. The molecule has 8 heteroatoms. The molecule has 0 radical (unpaired) electrons. The maximum atomic E-state index is 12.5. The van der Waals surface area contributed by atoms with Crippen LogP contribution in [-0.2, 0) is 25.5 Å². The highest BCUT2D eigenvalue weighted by molar-refractivity contribution is 6.00. The first-order valence-corrected chi connectivity index (χ1v) is 12.4. The molecule has 0 aromatic heterocycles. The van der Waals surface area contributed by atoms with E-state index in [-0.39, 0.29) is 25.5 Å². The molecule has 1 unspecified atom stereocenters. The fourth-order valence-electron chi connectivity index (χ4n) is 4.56. The zero-order valence-electron chi connectivity index (χ0n) is 20.5. The highest BCUT2D eigenvalue weighted by atomic mass is 16.5. The third kappa shape index (κ3) is 6.19. The molecule has 1 N–H and O–H groups in total. The normalized spacial score (nSPS) is 18.6. The van der Waals surface area contributed by atoms with Crippen molar-refractivity contribution in [3.05, 3.63) is 54.1 Å². The summed E-state index contributed by atoms with van der Waals surface area (Å²) in [7, 11) is 0. The number of esters is 1. The van der Waals surface area contributed by atoms with Gasteiger partial charge in [0.05, 0.1) is 5.92 Å². The van der Waals surface area contributed by atoms with Crippen molar-refractivity contribution in [2.45, 2.75) is 26.7 Å². The molecule has 2 aliphatic rings. The van der Waals surface area contributed by atoms with E-state index in [1.165, 1.54) is 5.56 Å². The zero-order chi connectivity index (χ0) is 24.8. The highest BCUT2D eigenvalue weighted by Crippen LogP contribution is 2.26. The summed E-state index contributed by atoms with van der Waals surface area (Å²) in [6.45, 7) is 9.29. The molecule has 1 atom stereocenters. The molecular formula is C27H34N4O4. The minimum atomic E-state index is -0.575. The molecule has 0 aliphatic carbocycles. The number of carbonyl (C=O) groups excluding carboxylic acids is 3. The lowest BCUT2D eigenvalue weighted by molar-refractivity contribution is -0.151. The number of carbonyl (C=O) groups is 3.